The minimum atomic E-state index is -0.0207. The second-order valence-electron chi connectivity index (χ2n) is 8.92. The summed E-state index contributed by atoms with van der Waals surface area (Å²) in [7, 11) is 3.57. The van der Waals surface area contributed by atoms with E-state index in [4.69, 9.17) is 0 Å². The van der Waals surface area contributed by atoms with E-state index in [0.717, 1.165) is 42.7 Å². The molecule has 2 atom stereocenters. The largest absolute Gasteiger partial charge is 0.344 e. The van der Waals surface area contributed by atoms with Gasteiger partial charge in [0.15, 0.2) is 13.1 Å². The highest BCUT2D eigenvalue weighted by molar-refractivity contribution is 5.93. The number of rotatable bonds is 6. The van der Waals surface area contributed by atoms with Gasteiger partial charge in [-0.3, -0.25) is 9.59 Å². The average molecular weight is 409 g/mol. The zero-order valence-electron chi connectivity index (χ0n) is 18.6. The van der Waals surface area contributed by atoms with E-state index in [1.165, 1.54) is 5.56 Å². The number of likely N-dealkylation sites (N-methyl/N-ethyl adjacent to an activating group) is 1. The van der Waals surface area contributed by atoms with E-state index < -0.39 is 0 Å². The zero-order chi connectivity index (χ0) is 21.7. The van der Waals surface area contributed by atoms with Crippen molar-refractivity contribution in [2.75, 3.05) is 45.6 Å². The quantitative estimate of drug-likeness (QED) is 0.741. The molecule has 1 saturated heterocycles. The summed E-state index contributed by atoms with van der Waals surface area (Å²) in [6.07, 6.45) is 2.11. The number of benzene rings is 2. The van der Waals surface area contributed by atoms with Gasteiger partial charge in [0, 0.05) is 25.7 Å². The van der Waals surface area contributed by atoms with Crippen molar-refractivity contribution in [2.45, 2.75) is 32.6 Å². The maximum Gasteiger partial charge on any atom is 0.279 e. The molecular weight excluding hydrogens is 374 g/mol. The Kier molecular flexibility index (Phi) is 6.93. The van der Waals surface area contributed by atoms with E-state index in [1.54, 1.807) is 19.0 Å². The number of hydrogen-bond donors (Lipinski definition) is 1. The summed E-state index contributed by atoms with van der Waals surface area (Å²) in [6, 6.07) is 16.5. The van der Waals surface area contributed by atoms with Crippen LogP contribution in [0, 0.1) is 13.8 Å². The first-order chi connectivity index (χ1) is 14.3. The number of nitrogens with zero attached hydrogens (tertiary/aromatic N) is 2. The van der Waals surface area contributed by atoms with Crippen molar-refractivity contribution >= 4 is 17.5 Å². The molecule has 1 aliphatic rings. The molecule has 0 saturated carbocycles. The van der Waals surface area contributed by atoms with Crippen LogP contribution >= 0.6 is 0 Å². The van der Waals surface area contributed by atoms with Crippen LogP contribution in [-0.2, 0) is 9.59 Å². The molecule has 3 rings (SSSR count). The van der Waals surface area contributed by atoms with Crippen LogP contribution in [-0.4, -0.2) is 61.5 Å². The third kappa shape index (κ3) is 5.28. The van der Waals surface area contributed by atoms with Gasteiger partial charge in [-0.25, -0.2) is 0 Å². The Balaban J connectivity index is 1.83. The summed E-state index contributed by atoms with van der Waals surface area (Å²) >= 11 is 0. The summed E-state index contributed by atoms with van der Waals surface area (Å²) in [5.74, 6) is 0.416. The summed E-state index contributed by atoms with van der Waals surface area (Å²) in [5, 5.41) is 3.13. The highest BCUT2D eigenvalue weighted by Gasteiger charge is 2.39. The lowest BCUT2D eigenvalue weighted by Crippen LogP contribution is -2.60. The lowest BCUT2D eigenvalue weighted by atomic mass is 9.88. The van der Waals surface area contributed by atoms with Crippen LogP contribution in [0.15, 0.2) is 48.5 Å². The fraction of sp³-hybridized carbons (Fsp3) is 0.440. The molecule has 0 bridgehead atoms. The molecule has 5 heteroatoms. The molecule has 0 radical (unpaired) electrons. The Morgan fingerprint density at radius 3 is 2.30 bits per heavy atom. The van der Waals surface area contributed by atoms with Crippen LogP contribution in [0.1, 0.15) is 35.4 Å². The van der Waals surface area contributed by atoms with Crippen LogP contribution in [0.5, 0.6) is 0 Å². The second kappa shape index (κ2) is 9.43. The Labute approximate surface area is 180 Å². The van der Waals surface area contributed by atoms with Crippen LogP contribution < -0.4 is 5.32 Å². The molecular formula is C25H34N3O2+. The maximum atomic E-state index is 13.1. The van der Waals surface area contributed by atoms with E-state index in [-0.39, 0.29) is 11.8 Å². The molecule has 0 aromatic heterocycles. The zero-order valence-corrected chi connectivity index (χ0v) is 18.6. The molecule has 1 fully saturated rings. The minimum absolute atomic E-state index is 0.0207. The number of aryl methyl sites for hydroxylation is 2. The predicted molar refractivity (Wildman–Crippen MR) is 121 cm³/mol. The molecule has 2 aromatic rings. The van der Waals surface area contributed by atoms with Crippen LogP contribution in [0.3, 0.4) is 0 Å². The number of quaternary nitrogens is 1. The first-order valence-corrected chi connectivity index (χ1v) is 10.8. The standard InChI is InChI=1S/C25H33N3O2/c1-19-10-8-11-20(2)25(19)26-23(29)17-28(18-24(30)27(3)4)15-9-14-22(16-28)21-12-6-5-7-13-21/h5-8,10-13,22H,9,14-18H2,1-4H3/p+1. The van der Waals surface area contributed by atoms with Gasteiger partial charge in [0.05, 0.1) is 13.1 Å². The first kappa shape index (κ1) is 22.0. The van der Waals surface area contributed by atoms with Crippen molar-refractivity contribution in [3.8, 4) is 0 Å². The van der Waals surface area contributed by atoms with Crippen LogP contribution in [0.4, 0.5) is 5.69 Å². The highest BCUT2D eigenvalue weighted by Crippen LogP contribution is 2.31. The van der Waals surface area contributed by atoms with E-state index in [9.17, 15) is 9.59 Å². The first-order valence-electron chi connectivity index (χ1n) is 10.8. The molecule has 1 heterocycles. The Morgan fingerprint density at radius 1 is 1.00 bits per heavy atom. The van der Waals surface area contributed by atoms with Crippen molar-refractivity contribution in [3.63, 3.8) is 0 Å². The van der Waals surface area contributed by atoms with Gasteiger partial charge in [-0.1, -0.05) is 48.5 Å². The summed E-state index contributed by atoms with van der Waals surface area (Å²) in [4.78, 5) is 27.5. The number of anilines is 1. The fourth-order valence-corrected chi connectivity index (χ4v) is 4.59. The molecule has 2 amide bonds. The summed E-state index contributed by atoms with van der Waals surface area (Å²) in [6.45, 7) is 6.35. The van der Waals surface area contributed by atoms with Gasteiger partial charge in [0.2, 0.25) is 0 Å². The smallest absolute Gasteiger partial charge is 0.279 e. The number of amides is 2. The number of carbonyl (C=O) groups is 2. The third-order valence-electron chi connectivity index (χ3n) is 6.26. The molecule has 160 valence electrons. The van der Waals surface area contributed by atoms with Gasteiger partial charge in [0.1, 0.15) is 0 Å². The summed E-state index contributed by atoms with van der Waals surface area (Å²) < 4.78 is 0.507. The number of hydrogen-bond acceptors (Lipinski definition) is 2. The molecule has 2 unspecified atom stereocenters. The molecule has 5 nitrogen and oxygen atoms in total. The molecule has 1 aliphatic heterocycles. The number of para-hydroxylation sites is 1. The Bertz CT molecular complexity index is 874. The lowest BCUT2D eigenvalue weighted by molar-refractivity contribution is -0.919. The van der Waals surface area contributed by atoms with E-state index in [2.05, 4.69) is 29.6 Å². The Morgan fingerprint density at radius 2 is 1.67 bits per heavy atom. The molecule has 30 heavy (non-hydrogen) atoms. The van der Waals surface area contributed by atoms with Crippen molar-refractivity contribution in [1.82, 2.24) is 4.90 Å². The number of piperidine rings is 1. The molecule has 0 spiro atoms. The van der Waals surface area contributed by atoms with Gasteiger partial charge in [-0.15, -0.1) is 0 Å². The monoisotopic (exact) mass is 408 g/mol. The van der Waals surface area contributed by atoms with Crippen molar-refractivity contribution < 1.29 is 14.1 Å². The second-order valence-corrected chi connectivity index (χ2v) is 8.92. The van der Waals surface area contributed by atoms with Gasteiger partial charge >= 0.3 is 0 Å². The molecule has 1 N–H and O–H groups in total. The summed E-state index contributed by atoms with van der Waals surface area (Å²) in [5.41, 5.74) is 4.29. The van der Waals surface area contributed by atoms with E-state index >= 15 is 0 Å². The van der Waals surface area contributed by atoms with Gasteiger partial charge in [0.25, 0.3) is 11.8 Å². The normalized spacial score (nSPS) is 21.1. The molecule has 2 aromatic carbocycles. The van der Waals surface area contributed by atoms with Gasteiger partial charge in [-0.2, -0.15) is 0 Å². The van der Waals surface area contributed by atoms with Crippen molar-refractivity contribution in [2.24, 2.45) is 0 Å². The minimum Gasteiger partial charge on any atom is -0.344 e. The number of nitrogens with one attached hydrogen (secondary N) is 1. The maximum absolute atomic E-state index is 13.1. The fourth-order valence-electron chi connectivity index (χ4n) is 4.59. The van der Waals surface area contributed by atoms with Crippen LogP contribution in [0.25, 0.3) is 0 Å². The van der Waals surface area contributed by atoms with E-state index in [0.29, 0.717) is 23.5 Å². The lowest BCUT2D eigenvalue weighted by Gasteiger charge is -2.44. The number of carbonyl (C=O) groups excluding carboxylic acids is 2. The topological polar surface area (TPSA) is 49.4 Å². The number of likely N-dealkylation sites (tertiary alicyclic amines) is 1. The molecule has 0 aliphatic carbocycles. The Hall–Kier alpha value is -2.66. The highest BCUT2D eigenvalue weighted by atomic mass is 16.2. The van der Waals surface area contributed by atoms with Crippen molar-refractivity contribution in [1.29, 1.82) is 0 Å². The average Bonchev–Trinajstić information content (AvgIpc) is 2.71. The SMILES string of the molecule is Cc1cccc(C)c1NC(=O)C[N+]1(CC(=O)N(C)C)CCCC(c2ccccc2)C1. The third-order valence-corrected chi connectivity index (χ3v) is 6.26. The van der Waals surface area contributed by atoms with E-state index in [1.807, 2.05) is 38.1 Å². The van der Waals surface area contributed by atoms with Crippen molar-refractivity contribution in [3.05, 3.63) is 65.2 Å². The predicted octanol–water partition coefficient (Wildman–Crippen LogP) is 3.72. The van der Waals surface area contributed by atoms with Crippen LogP contribution in [0.2, 0.25) is 0 Å². The van der Waals surface area contributed by atoms with Gasteiger partial charge in [-0.05, 0) is 43.4 Å². The van der Waals surface area contributed by atoms with Gasteiger partial charge < -0.3 is 14.7 Å².